The van der Waals surface area contributed by atoms with Gasteiger partial charge in [0.2, 0.25) is 5.91 Å². The Bertz CT molecular complexity index is 1100. The topological polar surface area (TPSA) is 149 Å². The van der Waals surface area contributed by atoms with Gasteiger partial charge in [-0.05, 0) is 12.8 Å². The van der Waals surface area contributed by atoms with Gasteiger partial charge in [-0.3, -0.25) is 4.79 Å². The minimum Gasteiger partial charge on any atom is -0.394 e. The van der Waals surface area contributed by atoms with Crippen LogP contribution in [0.5, 0.6) is 0 Å². The van der Waals surface area contributed by atoms with Gasteiger partial charge in [0.25, 0.3) is 0 Å². The van der Waals surface area contributed by atoms with Crippen LogP contribution >= 0.6 is 0 Å². The molecule has 1 fully saturated rings. The first-order valence-electron chi connectivity index (χ1n) is 32.2. The van der Waals surface area contributed by atoms with Crippen molar-refractivity contribution in [1.82, 2.24) is 5.32 Å². The van der Waals surface area contributed by atoms with Crippen molar-refractivity contribution < 1.29 is 39.8 Å². The summed E-state index contributed by atoms with van der Waals surface area (Å²) in [7, 11) is 0. The number of ether oxygens (including phenoxy) is 2. The Kier molecular flexibility index (Phi) is 51.5. The van der Waals surface area contributed by atoms with Gasteiger partial charge in [-0.1, -0.05) is 322 Å². The van der Waals surface area contributed by atoms with Gasteiger partial charge in [0.1, 0.15) is 24.4 Å². The summed E-state index contributed by atoms with van der Waals surface area (Å²) in [6.07, 6.45) is 59.0. The summed E-state index contributed by atoms with van der Waals surface area (Å²) in [5.41, 5.74) is 0. The van der Waals surface area contributed by atoms with E-state index in [1.165, 1.54) is 276 Å². The standard InChI is InChI=1S/C63H125NO8/c1-3-5-7-9-11-13-15-17-18-19-20-21-22-23-24-25-26-27-28-29-30-31-32-33-34-35-36-37-38-39-41-43-45-47-49-51-53-59(67)64-56(55-71-63-62(70)61(69)60(68)58(54-65)72-63)57(66)52-50-48-46-44-42-40-16-14-12-10-8-6-4-2/h56-58,60-63,65-66,68-70H,3-55H2,1-2H3,(H,64,67)/t56-,57+,58+,60-,61?,62?,63+/m0/s1. The molecular weight excluding hydrogens is 899 g/mol. The molecule has 0 aliphatic carbocycles. The summed E-state index contributed by atoms with van der Waals surface area (Å²) in [6.45, 7) is 3.88. The first-order valence-corrected chi connectivity index (χ1v) is 32.2. The number of nitrogens with one attached hydrogen (secondary N) is 1. The Hall–Kier alpha value is -0.810. The number of hydrogen-bond donors (Lipinski definition) is 6. The highest BCUT2D eigenvalue weighted by Crippen LogP contribution is 2.24. The molecule has 0 aromatic rings. The van der Waals surface area contributed by atoms with E-state index in [9.17, 15) is 30.3 Å². The van der Waals surface area contributed by atoms with Gasteiger partial charge < -0.3 is 40.3 Å². The maximum Gasteiger partial charge on any atom is 0.220 e. The molecule has 9 heteroatoms. The molecule has 1 amide bonds. The van der Waals surface area contributed by atoms with Crippen molar-refractivity contribution in [2.75, 3.05) is 13.2 Å². The predicted molar refractivity (Wildman–Crippen MR) is 304 cm³/mol. The zero-order valence-corrected chi connectivity index (χ0v) is 48.0. The smallest absolute Gasteiger partial charge is 0.220 e. The van der Waals surface area contributed by atoms with Crippen LogP contribution in [0.25, 0.3) is 0 Å². The van der Waals surface area contributed by atoms with Crippen LogP contribution in [0.3, 0.4) is 0 Å². The van der Waals surface area contributed by atoms with Crippen molar-refractivity contribution in [3.63, 3.8) is 0 Å². The average Bonchev–Trinajstić information content (AvgIpc) is 3.38. The van der Waals surface area contributed by atoms with Gasteiger partial charge in [0.15, 0.2) is 6.29 Å². The Morgan fingerprint density at radius 1 is 0.417 bits per heavy atom. The molecule has 0 spiro atoms. The van der Waals surface area contributed by atoms with Crippen molar-refractivity contribution in [3.8, 4) is 0 Å². The van der Waals surface area contributed by atoms with Gasteiger partial charge in [0.05, 0.1) is 25.4 Å². The molecule has 0 saturated carbocycles. The SMILES string of the molecule is CCCCCCCCCCCCCCCCCCCCCCCCCCCCCCCCCCCCCCC(=O)N[C@@H](CO[C@@H]1O[C@H](CO)[C@H](O)C(O)C1O)[C@H](O)CCCCCCCCCCCCCCC. The van der Waals surface area contributed by atoms with Crippen LogP contribution < -0.4 is 5.32 Å². The largest absolute Gasteiger partial charge is 0.394 e. The molecule has 72 heavy (non-hydrogen) atoms. The molecule has 9 nitrogen and oxygen atoms in total. The molecule has 0 aromatic carbocycles. The number of carbonyl (C=O) groups excluding carboxylic acids is 1. The van der Waals surface area contributed by atoms with E-state index in [-0.39, 0.29) is 12.5 Å². The third-order valence-electron chi connectivity index (χ3n) is 16.0. The molecule has 1 saturated heterocycles. The highest BCUT2D eigenvalue weighted by atomic mass is 16.7. The predicted octanol–water partition coefficient (Wildman–Crippen LogP) is 16.6. The number of aliphatic hydroxyl groups is 5. The van der Waals surface area contributed by atoms with Crippen LogP contribution in [-0.4, -0.2) is 87.5 Å². The second-order valence-corrected chi connectivity index (χ2v) is 22.9. The fraction of sp³-hybridized carbons (Fsp3) is 0.984. The Morgan fingerprint density at radius 2 is 0.694 bits per heavy atom. The van der Waals surface area contributed by atoms with Crippen molar-refractivity contribution in [2.45, 2.75) is 384 Å². The zero-order chi connectivity index (χ0) is 52.2. The zero-order valence-electron chi connectivity index (χ0n) is 48.0. The van der Waals surface area contributed by atoms with E-state index in [1.807, 2.05) is 0 Å². The maximum atomic E-state index is 13.1. The third-order valence-corrected chi connectivity index (χ3v) is 16.0. The molecule has 2 unspecified atom stereocenters. The Morgan fingerprint density at radius 3 is 0.986 bits per heavy atom. The normalized spacial score (nSPS) is 19.0. The van der Waals surface area contributed by atoms with E-state index < -0.39 is 49.5 Å². The number of hydrogen-bond acceptors (Lipinski definition) is 8. The average molecular weight is 1020 g/mol. The number of unbranched alkanes of at least 4 members (excludes halogenated alkanes) is 47. The van der Waals surface area contributed by atoms with Crippen molar-refractivity contribution in [2.24, 2.45) is 0 Å². The molecule has 1 rings (SSSR count). The van der Waals surface area contributed by atoms with E-state index in [1.54, 1.807) is 0 Å². The molecule has 6 N–H and O–H groups in total. The van der Waals surface area contributed by atoms with E-state index in [0.717, 1.165) is 38.5 Å². The molecule has 7 atom stereocenters. The Balaban J connectivity index is 2.02. The summed E-state index contributed by atoms with van der Waals surface area (Å²) >= 11 is 0. The van der Waals surface area contributed by atoms with Gasteiger partial charge in [-0.2, -0.15) is 0 Å². The quantitative estimate of drug-likeness (QED) is 0.0330. The fourth-order valence-electron chi connectivity index (χ4n) is 10.9. The van der Waals surface area contributed by atoms with Crippen molar-refractivity contribution in [3.05, 3.63) is 0 Å². The minimum absolute atomic E-state index is 0.131. The molecule has 0 aromatic heterocycles. The summed E-state index contributed by atoms with van der Waals surface area (Å²) < 4.78 is 11.3. The molecule has 0 bridgehead atoms. The van der Waals surface area contributed by atoms with Crippen LogP contribution in [0, 0.1) is 0 Å². The molecule has 0 radical (unpaired) electrons. The van der Waals surface area contributed by atoms with Crippen LogP contribution in [-0.2, 0) is 14.3 Å². The first-order chi connectivity index (χ1) is 35.3. The lowest BCUT2D eigenvalue weighted by Gasteiger charge is -2.40. The summed E-state index contributed by atoms with van der Waals surface area (Å²) in [5.74, 6) is -0.136. The monoisotopic (exact) mass is 1020 g/mol. The molecular formula is C63H125NO8. The fourth-order valence-corrected chi connectivity index (χ4v) is 10.9. The van der Waals surface area contributed by atoms with E-state index in [2.05, 4.69) is 19.2 Å². The minimum atomic E-state index is -1.55. The summed E-state index contributed by atoms with van der Waals surface area (Å²) in [6, 6.07) is -0.713. The summed E-state index contributed by atoms with van der Waals surface area (Å²) in [4.78, 5) is 13.1. The van der Waals surface area contributed by atoms with Crippen LogP contribution in [0.4, 0.5) is 0 Å². The second-order valence-electron chi connectivity index (χ2n) is 22.9. The number of rotatable bonds is 57. The number of aliphatic hydroxyl groups excluding tert-OH is 5. The van der Waals surface area contributed by atoms with Gasteiger partial charge in [-0.15, -0.1) is 0 Å². The van der Waals surface area contributed by atoms with E-state index >= 15 is 0 Å². The van der Waals surface area contributed by atoms with Gasteiger partial charge in [-0.25, -0.2) is 0 Å². The van der Waals surface area contributed by atoms with Gasteiger partial charge >= 0.3 is 0 Å². The second kappa shape index (κ2) is 53.6. The van der Waals surface area contributed by atoms with Crippen LogP contribution in [0.15, 0.2) is 0 Å². The highest BCUT2D eigenvalue weighted by molar-refractivity contribution is 5.76. The lowest BCUT2D eigenvalue weighted by molar-refractivity contribution is -0.302. The highest BCUT2D eigenvalue weighted by Gasteiger charge is 2.44. The Labute approximate surface area is 446 Å². The van der Waals surface area contributed by atoms with Crippen molar-refractivity contribution in [1.29, 1.82) is 0 Å². The molecule has 1 heterocycles. The maximum absolute atomic E-state index is 13.1. The van der Waals surface area contributed by atoms with E-state index in [0.29, 0.717) is 12.8 Å². The molecule has 430 valence electrons. The van der Waals surface area contributed by atoms with Crippen molar-refractivity contribution >= 4 is 5.91 Å². The van der Waals surface area contributed by atoms with E-state index in [4.69, 9.17) is 9.47 Å². The van der Waals surface area contributed by atoms with Crippen LogP contribution in [0.1, 0.15) is 341 Å². The molecule has 1 aliphatic heterocycles. The lowest BCUT2D eigenvalue weighted by Crippen LogP contribution is -2.60. The first kappa shape index (κ1) is 69.2. The van der Waals surface area contributed by atoms with Gasteiger partial charge in [0, 0.05) is 6.42 Å². The number of carbonyl (C=O) groups is 1. The lowest BCUT2D eigenvalue weighted by atomic mass is 9.99. The molecule has 1 aliphatic rings. The summed E-state index contributed by atoms with van der Waals surface area (Å²) in [5, 5.41) is 54.6. The van der Waals surface area contributed by atoms with Crippen LogP contribution in [0.2, 0.25) is 0 Å². The number of amides is 1. The third kappa shape index (κ3) is 42.3.